The van der Waals surface area contributed by atoms with E-state index in [2.05, 4.69) is 58.3 Å². The molecule has 1 saturated heterocycles. The smallest absolute Gasteiger partial charge is 0.322 e. The van der Waals surface area contributed by atoms with Gasteiger partial charge in [0.05, 0.1) is 23.4 Å². The molecular weight excluding hydrogens is 326 g/mol. The number of aromatic amines is 1. The van der Waals surface area contributed by atoms with Gasteiger partial charge in [-0.25, -0.2) is 9.78 Å². The van der Waals surface area contributed by atoms with Gasteiger partial charge in [-0.1, -0.05) is 12.1 Å². The molecule has 0 spiro atoms. The summed E-state index contributed by atoms with van der Waals surface area (Å²) in [6.07, 6.45) is 1.67. The van der Waals surface area contributed by atoms with E-state index in [0.717, 1.165) is 35.4 Å². The minimum Gasteiger partial charge on any atom is -0.372 e. The molecular formula is C20H23N5O. The van der Waals surface area contributed by atoms with Gasteiger partial charge < -0.3 is 15.2 Å². The highest BCUT2D eigenvalue weighted by Crippen LogP contribution is 2.32. The first-order valence-corrected chi connectivity index (χ1v) is 9.06. The van der Waals surface area contributed by atoms with Crippen molar-refractivity contribution in [3.05, 3.63) is 54.4 Å². The molecule has 1 aliphatic heterocycles. The van der Waals surface area contributed by atoms with Crippen LogP contribution < -0.4 is 15.1 Å². The van der Waals surface area contributed by atoms with Crippen molar-refractivity contribution in [1.82, 2.24) is 15.3 Å². The number of nitrogens with one attached hydrogen (secondary N) is 2. The van der Waals surface area contributed by atoms with Crippen LogP contribution in [0.2, 0.25) is 0 Å². The summed E-state index contributed by atoms with van der Waals surface area (Å²) in [7, 11) is 0. The first-order chi connectivity index (χ1) is 12.7. The van der Waals surface area contributed by atoms with Crippen molar-refractivity contribution in [2.75, 3.05) is 29.4 Å². The van der Waals surface area contributed by atoms with Gasteiger partial charge in [0.15, 0.2) is 0 Å². The molecule has 1 unspecified atom stereocenters. The zero-order chi connectivity index (χ0) is 18.1. The summed E-state index contributed by atoms with van der Waals surface area (Å²) < 4.78 is 0. The lowest BCUT2D eigenvalue weighted by molar-refractivity contribution is 0.251. The van der Waals surface area contributed by atoms with Crippen molar-refractivity contribution in [2.24, 2.45) is 0 Å². The van der Waals surface area contributed by atoms with E-state index in [0.29, 0.717) is 6.54 Å². The van der Waals surface area contributed by atoms with Gasteiger partial charge in [0.25, 0.3) is 0 Å². The zero-order valence-corrected chi connectivity index (χ0v) is 15.1. The van der Waals surface area contributed by atoms with Crippen LogP contribution in [0.4, 0.5) is 16.2 Å². The number of urea groups is 1. The molecule has 0 radical (unpaired) electrons. The van der Waals surface area contributed by atoms with Gasteiger partial charge in [0.1, 0.15) is 0 Å². The van der Waals surface area contributed by atoms with Crippen molar-refractivity contribution < 1.29 is 4.79 Å². The Balaban J connectivity index is 1.65. The van der Waals surface area contributed by atoms with E-state index in [-0.39, 0.29) is 12.1 Å². The number of amides is 2. The van der Waals surface area contributed by atoms with E-state index in [4.69, 9.17) is 0 Å². The largest absolute Gasteiger partial charge is 0.372 e. The summed E-state index contributed by atoms with van der Waals surface area (Å²) in [5.41, 5.74) is 5.02. The first kappa shape index (κ1) is 16.4. The summed E-state index contributed by atoms with van der Waals surface area (Å²) in [5, 5.41) is 2.97. The van der Waals surface area contributed by atoms with Crippen LogP contribution in [0.25, 0.3) is 11.0 Å². The van der Waals surface area contributed by atoms with Crippen LogP contribution in [0, 0.1) is 0 Å². The Labute approximate surface area is 152 Å². The minimum atomic E-state index is -0.0716. The van der Waals surface area contributed by atoms with Gasteiger partial charge in [-0.2, -0.15) is 0 Å². The molecule has 0 bridgehead atoms. The molecule has 4 rings (SSSR count). The Morgan fingerprint density at radius 2 is 1.92 bits per heavy atom. The standard InChI is InChI=1S/C20H23N5O/c1-3-24(4-2)15-7-5-14(6-8-15)19-12-21-20(26)25(19)16-9-10-17-18(11-16)23-13-22-17/h5-11,13,19H,3-4,12H2,1-2H3,(H,21,26)(H,22,23). The summed E-state index contributed by atoms with van der Waals surface area (Å²) >= 11 is 0. The normalized spacial score (nSPS) is 16.9. The number of hydrogen-bond donors (Lipinski definition) is 2. The van der Waals surface area contributed by atoms with Gasteiger partial charge in [0.2, 0.25) is 0 Å². The second-order valence-corrected chi connectivity index (χ2v) is 6.44. The molecule has 2 N–H and O–H groups in total. The van der Waals surface area contributed by atoms with E-state index >= 15 is 0 Å². The summed E-state index contributed by atoms with van der Waals surface area (Å²) in [4.78, 5) is 24.0. The average Bonchev–Trinajstić information content (AvgIpc) is 3.29. The number of rotatable bonds is 5. The van der Waals surface area contributed by atoms with Gasteiger partial charge in [-0.05, 0) is 49.7 Å². The molecule has 1 aliphatic rings. The molecule has 1 atom stereocenters. The maximum atomic E-state index is 12.5. The van der Waals surface area contributed by atoms with Crippen molar-refractivity contribution in [3.63, 3.8) is 0 Å². The van der Waals surface area contributed by atoms with E-state index in [1.54, 1.807) is 6.33 Å². The predicted molar refractivity (Wildman–Crippen MR) is 105 cm³/mol. The number of carbonyl (C=O) groups is 1. The summed E-state index contributed by atoms with van der Waals surface area (Å²) in [5.74, 6) is 0. The molecule has 6 nitrogen and oxygen atoms in total. The molecule has 0 saturated carbocycles. The van der Waals surface area contributed by atoms with Crippen molar-refractivity contribution in [2.45, 2.75) is 19.9 Å². The van der Waals surface area contributed by atoms with Crippen molar-refractivity contribution >= 4 is 28.4 Å². The molecule has 3 aromatic rings. The van der Waals surface area contributed by atoms with E-state index in [1.165, 1.54) is 5.69 Å². The second kappa shape index (κ2) is 6.71. The second-order valence-electron chi connectivity index (χ2n) is 6.44. The fourth-order valence-electron chi connectivity index (χ4n) is 3.63. The number of imidazole rings is 1. The van der Waals surface area contributed by atoms with E-state index < -0.39 is 0 Å². The van der Waals surface area contributed by atoms with E-state index in [9.17, 15) is 4.79 Å². The molecule has 134 valence electrons. The highest BCUT2D eigenvalue weighted by molar-refractivity contribution is 5.97. The monoisotopic (exact) mass is 349 g/mol. The number of fused-ring (bicyclic) bond motifs is 1. The highest BCUT2D eigenvalue weighted by Gasteiger charge is 2.33. The highest BCUT2D eigenvalue weighted by atomic mass is 16.2. The predicted octanol–water partition coefficient (Wildman–Crippen LogP) is 3.68. The Morgan fingerprint density at radius 1 is 1.15 bits per heavy atom. The van der Waals surface area contributed by atoms with E-state index in [1.807, 2.05) is 23.1 Å². The van der Waals surface area contributed by atoms with Crippen LogP contribution in [0.15, 0.2) is 48.8 Å². The first-order valence-electron chi connectivity index (χ1n) is 9.06. The summed E-state index contributed by atoms with van der Waals surface area (Å²) in [6, 6.07) is 14.3. The maximum Gasteiger partial charge on any atom is 0.322 e. The molecule has 6 heteroatoms. The minimum absolute atomic E-state index is 0.0235. The molecule has 2 aromatic carbocycles. The number of nitrogens with zero attached hydrogens (tertiary/aromatic N) is 3. The van der Waals surface area contributed by atoms with Crippen LogP contribution in [-0.4, -0.2) is 35.6 Å². The fourth-order valence-corrected chi connectivity index (χ4v) is 3.63. The van der Waals surface area contributed by atoms with Crippen LogP contribution in [0.3, 0.4) is 0 Å². The Bertz CT molecular complexity index is 913. The lowest BCUT2D eigenvalue weighted by Gasteiger charge is -2.25. The molecule has 2 heterocycles. The zero-order valence-electron chi connectivity index (χ0n) is 15.1. The number of anilines is 2. The van der Waals surface area contributed by atoms with Gasteiger partial charge in [-0.3, -0.25) is 4.90 Å². The number of benzene rings is 2. The van der Waals surface area contributed by atoms with Gasteiger partial charge in [0, 0.05) is 31.0 Å². The third-order valence-electron chi connectivity index (χ3n) is 5.07. The van der Waals surface area contributed by atoms with Gasteiger partial charge in [-0.15, -0.1) is 0 Å². The number of carbonyl (C=O) groups excluding carboxylic acids is 1. The molecule has 1 aromatic heterocycles. The molecule has 1 fully saturated rings. The third-order valence-corrected chi connectivity index (χ3v) is 5.07. The lowest BCUT2D eigenvalue weighted by Crippen LogP contribution is -2.29. The molecule has 0 aliphatic carbocycles. The Hall–Kier alpha value is -3.02. The topological polar surface area (TPSA) is 64.3 Å². The van der Waals surface area contributed by atoms with Crippen LogP contribution >= 0.6 is 0 Å². The van der Waals surface area contributed by atoms with Crippen molar-refractivity contribution in [3.8, 4) is 0 Å². The molecule has 26 heavy (non-hydrogen) atoms. The Kier molecular flexibility index (Phi) is 4.24. The average molecular weight is 349 g/mol. The summed E-state index contributed by atoms with van der Waals surface area (Å²) in [6.45, 7) is 6.88. The van der Waals surface area contributed by atoms with Crippen molar-refractivity contribution in [1.29, 1.82) is 0 Å². The Morgan fingerprint density at radius 3 is 2.65 bits per heavy atom. The van der Waals surface area contributed by atoms with Crippen LogP contribution in [0.1, 0.15) is 25.5 Å². The quantitative estimate of drug-likeness (QED) is 0.738. The number of H-pyrrole nitrogens is 1. The SMILES string of the molecule is CCN(CC)c1ccc(C2CNC(=O)N2c2ccc3[nH]cnc3c2)cc1. The third kappa shape index (κ3) is 2.77. The maximum absolute atomic E-state index is 12.5. The van der Waals surface area contributed by atoms with Crippen LogP contribution in [0.5, 0.6) is 0 Å². The number of hydrogen-bond acceptors (Lipinski definition) is 3. The van der Waals surface area contributed by atoms with Gasteiger partial charge >= 0.3 is 6.03 Å². The molecule has 2 amide bonds. The van der Waals surface area contributed by atoms with Crippen LogP contribution in [-0.2, 0) is 0 Å². The lowest BCUT2D eigenvalue weighted by atomic mass is 10.0. The number of aromatic nitrogens is 2. The fraction of sp³-hybridized carbons (Fsp3) is 0.300.